The molecule has 0 saturated heterocycles. The van der Waals surface area contributed by atoms with E-state index in [1.807, 2.05) is 13.0 Å². The van der Waals surface area contributed by atoms with Crippen molar-refractivity contribution in [3.63, 3.8) is 0 Å². The molecule has 3 N–H and O–H groups in total. The van der Waals surface area contributed by atoms with E-state index < -0.39 is 0 Å². The van der Waals surface area contributed by atoms with E-state index in [9.17, 15) is 5.11 Å². The number of anilines is 1. The van der Waals surface area contributed by atoms with Crippen LogP contribution in [0.4, 0.5) is 5.82 Å². The molecule has 2 heterocycles. The van der Waals surface area contributed by atoms with Gasteiger partial charge < -0.3 is 15.7 Å². The van der Waals surface area contributed by atoms with Crippen molar-refractivity contribution in [1.82, 2.24) is 15.1 Å². The van der Waals surface area contributed by atoms with E-state index in [1.54, 1.807) is 0 Å². The predicted octanol–water partition coefficient (Wildman–Crippen LogP) is 1.67. The molecule has 2 atom stereocenters. The first-order valence-corrected chi connectivity index (χ1v) is 8.38. The van der Waals surface area contributed by atoms with Crippen LogP contribution in [-0.2, 0) is 13.0 Å². The average Bonchev–Trinajstić information content (AvgIpc) is 2.94. The third-order valence-corrected chi connectivity index (χ3v) is 4.40. The van der Waals surface area contributed by atoms with Gasteiger partial charge in [0.15, 0.2) is 0 Å². The molecule has 1 aromatic heterocycles. The first-order valence-electron chi connectivity index (χ1n) is 8.38. The second-order valence-electron chi connectivity index (χ2n) is 6.50. The fourth-order valence-corrected chi connectivity index (χ4v) is 3.16. The molecular formula is C18H26N4O. The zero-order chi connectivity index (χ0) is 16.1. The standard InChI is InChI=1S/C18H26N4O/c1-14-7-18-20-11-17(12-22(18)21-14)10-19-9-16(13-23)8-15-5-3-2-4-6-15/h2-7,16-17,19-20,23H,8-13H2,1H3. The van der Waals surface area contributed by atoms with Crippen LogP contribution < -0.4 is 10.6 Å². The Bertz CT molecular complexity index is 611. The van der Waals surface area contributed by atoms with Gasteiger partial charge >= 0.3 is 0 Å². The molecule has 23 heavy (non-hydrogen) atoms. The van der Waals surface area contributed by atoms with Crippen molar-refractivity contribution < 1.29 is 5.11 Å². The van der Waals surface area contributed by atoms with E-state index in [1.165, 1.54) is 5.56 Å². The Balaban J connectivity index is 1.43. The van der Waals surface area contributed by atoms with E-state index in [2.05, 4.69) is 50.7 Å². The fourth-order valence-electron chi connectivity index (χ4n) is 3.16. The van der Waals surface area contributed by atoms with Crippen molar-refractivity contribution in [3.8, 4) is 0 Å². The van der Waals surface area contributed by atoms with E-state index in [0.717, 1.165) is 44.1 Å². The number of rotatable bonds is 7. The summed E-state index contributed by atoms with van der Waals surface area (Å²) in [6, 6.07) is 12.5. The van der Waals surface area contributed by atoms with Crippen LogP contribution in [0.3, 0.4) is 0 Å². The summed E-state index contributed by atoms with van der Waals surface area (Å²) < 4.78 is 2.05. The second kappa shape index (κ2) is 7.62. The van der Waals surface area contributed by atoms with Gasteiger partial charge in [0.1, 0.15) is 5.82 Å². The lowest BCUT2D eigenvalue weighted by Crippen LogP contribution is -2.37. The molecule has 1 aliphatic heterocycles. The monoisotopic (exact) mass is 314 g/mol. The van der Waals surface area contributed by atoms with Crippen LogP contribution in [0.5, 0.6) is 0 Å². The number of aliphatic hydroxyl groups excluding tert-OH is 1. The molecule has 0 radical (unpaired) electrons. The molecule has 5 heteroatoms. The van der Waals surface area contributed by atoms with E-state index in [0.29, 0.717) is 5.92 Å². The van der Waals surface area contributed by atoms with Gasteiger partial charge in [0.2, 0.25) is 0 Å². The molecule has 0 saturated carbocycles. The van der Waals surface area contributed by atoms with Gasteiger partial charge in [-0.1, -0.05) is 30.3 Å². The van der Waals surface area contributed by atoms with Crippen LogP contribution in [0, 0.1) is 18.8 Å². The van der Waals surface area contributed by atoms with Gasteiger partial charge in [-0.25, -0.2) is 4.68 Å². The number of nitrogens with one attached hydrogen (secondary N) is 2. The molecule has 2 unspecified atom stereocenters. The molecule has 2 aromatic rings. The molecule has 0 bridgehead atoms. The summed E-state index contributed by atoms with van der Waals surface area (Å²) in [4.78, 5) is 0. The highest BCUT2D eigenvalue weighted by atomic mass is 16.3. The minimum atomic E-state index is 0.216. The normalized spacial score (nSPS) is 18.3. The Labute approximate surface area is 137 Å². The summed E-state index contributed by atoms with van der Waals surface area (Å²) in [5.41, 5.74) is 2.34. The number of fused-ring (bicyclic) bond motifs is 1. The Morgan fingerprint density at radius 3 is 3.00 bits per heavy atom. The molecule has 0 fully saturated rings. The van der Waals surface area contributed by atoms with Gasteiger partial charge in [-0.2, -0.15) is 5.10 Å². The Hall–Kier alpha value is -1.85. The van der Waals surface area contributed by atoms with Gasteiger partial charge in [0.05, 0.1) is 5.69 Å². The molecule has 0 aliphatic carbocycles. The van der Waals surface area contributed by atoms with Crippen molar-refractivity contribution in [3.05, 3.63) is 47.7 Å². The molecule has 124 valence electrons. The van der Waals surface area contributed by atoms with Gasteiger partial charge in [-0.15, -0.1) is 0 Å². The maximum atomic E-state index is 9.59. The van der Waals surface area contributed by atoms with E-state index in [-0.39, 0.29) is 12.5 Å². The SMILES string of the molecule is Cc1cc2n(n1)CC(CNCC(CO)Cc1ccccc1)CN2. The van der Waals surface area contributed by atoms with Gasteiger partial charge in [0, 0.05) is 44.8 Å². The van der Waals surface area contributed by atoms with Crippen molar-refractivity contribution in [1.29, 1.82) is 0 Å². The summed E-state index contributed by atoms with van der Waals surface area (Å²) in [5.74, 6) is 1.91. The quantitative estimate of drug-likeness (QED) is 0.727. The van der Waals surface area contributed by atoms with Gasteiger partial charge in [-0.3, -0.25) is 0 Å². The number of aromatic nitrogens is 2. The Morgan fingerprint density at radius 1 is 1.39 bits per heavy atom. The summed E-state index contributed by atoms with van der Waals surface area (Å²) in [7, 11) is 0. The number of aliphatic hydroxyl groups is 1. The minimum absolute atomic E-state index is 0.216. The van der Waals surface area contributed by atoms with Crippen molar-refractivity contribution in [2.75, 3.05) is 31.6 Å². The lowest BCUT2D eigenvalue weighted by molar-refractivity contribution is 0.219. The van der Waals surface area contributed by atoms with Crippen molar-refractivity contribution in [2.45, 2.75) is 19.9 Å². The minimum Gasteiger partial charge on any atom is -0.396 e. The lowest BCUT2D eigenvalue weighted by Gasteiger charge is -2.26. The van der Waals surface area contributed by atoms with E-state index >= 15 is 0 Å². The topological polar surface area (TPSA) is 62.1 Å². The highest BCUT2D eigenvalue weighted by Crippen LogP contribution is 2.18. The van der Waals surface area contributed by atoms with Crippen molar-refractivity contribution in [2.24, 2.45) is 11.8 Å². The third kappa shape index (κ3) is 4.33. The largest absolute Gasteiger partial charge is 0.396 e. The predicted molar refractivity (Wildman–Crippen MR) is 92.5 cm³/mol. The van der Waals surface area contributed by atoms with Crippen LogP contribution in [0.15, 0.2) is 36.4 Å². The second-order valence-corrected chi connectivity index (χ2v) is 6.50. The fraction of sp³-hybridized carbons (Fsp3) is 0.500. The van der Waals surface area contributed by atoms with Crippen LogP contribution in [0.1, 0.15) is 11.3 Å². The summed E-state index contributed by atoms with van der Waals surface area (Å²) in [6.45, 7) is 5.94. The number of hydrogen-bond acceptors (Lipinski definition) is 4. The number of benzene rings is 1. The maximum absolute atomic E-state index is 9.59. The smallest absolute Gasteiger partial charge is 0.124 e. The van der Waals surface area contributed by atoms with Gasteiger partial charge in [-0.05, 0) is 24.8 Å². The summed E-state index contributed by atoms with van der Waals surface area (Å²) >= 11 is 0. The Morgan fingerprint density at radius 2 is 2.22 bits per heavy atom. The molecular weight excluding hydrogens is 288 g/mol. The van der Waals surface area contributed by atoms with Crippen LogP contribution >= 0.6 is 0 Å². The highest BCUT2D eigenvalue weighted by Gasteiger charge is 2.19. The molecule has 0 spiro atoms. The lowest BCUT2D eigenvalue weighted by atomic mass is 9.99. The third-order valence-electron chi connectivity index (χ3n) is 4.40. The van der Waals surface area contributed by atoms with Crippen LogP contribution in [-0.4, -0.2) is 41.1 Å². The molecule has 5 nitrogen and oxygen atoms in total. The zero-order valence-electron chi connectivity index (χ0n) is 13.7. The van der Waals surface area contributed by atoms with Gasteiger partial charge in [0.25, 0.3) is 0 Å². The number of hydrogen-bond donors (Lipinski definition) is 3. The highest BCUT2D eigenvalue weighted by molar-refractivity contribution is 5.38. The first kappa shape index (κ1) is 16.0. The Kier molecular flexibility index (Phi) is 5.31. The number of aryl methyl sites for hydroxylation is 1. The molecule has 1 aliphatic rings. The van der Waals surface area contributed by atoms with E-state index in [4.69, 9.17) is 0 Å². The summed E-state index contributed by atoms with van der Waals surface area (Å²) in [6.07, 6.45) is 0.912. The number of nitrogens with zero attached hydrogens (tertiary/aromatic N) is 2. The molecule has 3 rings (SSSR count). The molecule has 0 amide bonds. The first-order chi connectivity index (χ1) is 11.2. The van der Waals surface area contributed by atoms with Crippen LogP contribution in [0.2, 0.25) is 0 Å². The van der Waals surface area contributed by atoms with Crippen LogP contribution in [0.25, 0.3) is 0 Å². The average molecular weight is 314 g/mol. The summed E-state index contributed by atoms with van der Waals surface area (Å²) in [5, 5.41) is 21.1. The maximum Gasteiger partial charge on any atom is 0.124 e. The van der Waals surface area contributed by atoms with Crippen molar-refractivity contribution >= 4 is 5.82 Å². The zero-order valence-corrected chi connectivity index (χ0v) is 13.7. The molecule has 1 aromatic carbocycles.